The van der Waals surface area contributed by atoms with Crippen molar-refractivity contribution in [2.75, 3.05) is 0 Å². The van der Waals surface area contributed by atoms with Gasteiger partial charge in [-0.3, -0.25) is 4.99 Å². The molecule has 0 radical (unpaired) electrons. The standard InChI is InChI=1S/C10H17N3O/c1-3-5-9(11)12-7-10-13-6-8(4-2)14-10/h6H,3-5,7H2,1-2H3,(H2,11,12). The number of hydrogen-bond acceptors (Lipinski definition) is 3. The van der Waals surface area contributed by atoms with Gasteiger partial charge in [0.05, 0.1) is 12.0 Å². The second kappa shape index (κ2) is 5.42. The van der Waals surface area contributed by atoms with E-state index in [-0.39, 0.29) is 0 Å². The smallest absolute Gasteiger partial charge is 0.216 e. The number of oxazole rings is 1. The van der Waals surface area contributed by atoms with Gasteiger partial charge in [-0.05, 0) is 6.42 Å². The number of nitrogens with two attached hydrogens (primary N) is 1. The topological polar surface area (TPSA) is 64.4 Å². The summed E-state index contributed by atoms with van der Waals surface area (Å²) in [4.78, 5) is 8.26. The number of aliphatic imine (C=N–C) groups is 1. The molecular weight excluding hydrogens is 178 g/mol. The molecule has 1 rings (SSSR count). The first-order valence-corrected chi connectivity index (χ1v) is 4.98. The number of hydrogen-bond donors (Lipinski definition) is 1. The van der Waals surface area contributed by atoms with Gasteiger partial charge in [0.15, 0.2) is 0 Å². The average molecular weight is 195 g/mol. The summed E-state index contributed by atoms with van der Waals surface area (Å²) in [5.41, 5.74) is 5.65. The minimum Gasteiger partial charge on any atom is -0.444 e. The normalized spacial score (nSPS) is 12.0. The molecular formula is C10H17N3O. The first kappa shape index (κ1) is 10.8. The Balaban J connectivity index is 2.48. The van der Waals surface area contributed by atoms with Crippen LogP contribution in [0.2, 0.25) is 0 Å². The van der Waals surface area contributed by atoms with Crippen LogP contribution in [0.1, 0.15) is 38.3 Å². The third-order valence-corrected chi connectivity index (χ3v) is 1.87. The van der Waals surface area contributed by atoms with E-state index in [2.05, 4.69) is 16.9 Å². The van der Waals surface area contributed by atoms with Crippen molar-refractivity contribution >= 4 is 5.84 Å². The van der Waals surface area contributed by atoms with E-state index >= 15 is 0 Å². The summed E-state index contributed by atoms with van der Waals surface area (Å²) in [7, 11) is 0. The fourth-order valence-corrected chi connectivity index (χ4v) is 1.09. The van der Waals surface area contributed by atoms with Crippen LogP contribution in [0.25, 0.3) is 0 Å². The molecule has 14 heavy (non-hydrogen) atoms. The largest absolute Gasteiger partial charge is 0.444 e. The summed E-state index contributed by atoms with van der Waals surface area (Å²) in [6, 6.07) is 0. The lowest BCUT2D eigenvalue weighted by atomic mass is 10.3. The highest BCUT2D eigenvalue weighted by molar-refractivity contribution is 5.80. The van der Waals surface area contributed by atoms with Crippen molar-refractivity contribution in [3.8, 4) is 0 Å². The molecule has 0 amide bonds. The van der Waals surface area contributed by atoms with Gasteiger partial charge in [0, 0.05) is 12.8 Å². The predicted octanol–water partition coefficient (Wildman–Crippen LogP) is 1.89. The third kappa shape index (κ3) is 3.20. The van der Waals surface area contributed by atoms with Crippen molar-refractivity contribution in [2.24, 2.45) is 10.7 Å². The van der Waals surface area contributed by atoms with Crippen LogP contribution >= 0.6 is 0 Å². The minimum absolute atomic E-state index is 0.450. The summed E-state index contributed by atoms with van der Waals surface area (Å²) in [6.45, 7) is 4.55. The van der Waals surface area contributed by atoms with Gasteiger partial charge < -0.3 is 10.2 Å². The van der Waals surface area contributed by atoms with Crippen LogP contribution in [0, 0.1) is 0 Å². The number of amidine groups is 1. The first-order valence-electron chi connectivity index (χ1n) is 4.98. The molecule has 1 heterocycles. The summed E-state index contributed by atoms with van der Waals surface area (Å²) < 4.78 is 5.39. The minimum atomic E-state index is 0.450. The summed E-state index contributed by atoms with van der Waals surface area (Å²) in [5, 5.41) is 0. The van der Waals surface area contributed by atoms with E-state index in [9.17, 15) is 0 Å². The van der Waals surface area contributed by atoms with Crippen LogP contribution in [-0.2, 0) is 13.0 Å². The zero-order valence-electron chi connectivity index (χ0n) is 8.79. The fraction of sp³-hybridized carbons (Fsp3) is 0.600. The molecule has 0 saturated heterocycles. The van der Waals surface area contributed by atoms with Gasteiger partial charge in [0.25, 0.3) is 0 Å². The monoisotopic (exact) mass is 195 g/mol. The fourth-order valence-electron chi connectivity index (χ4n) is 1.09. The Kier molecular flexibility index (Phi) is 4.16. The highest BCUT2D eigenvalue weighted by Crippen LogP contribution is 2.05. The van der Waals surface area contributed by atoms with E-state index in [4.69, 9.17) is 10.2 Å². The maximum atomic E-state index is 5.65. The molecule has 4 nitrogen and oxygen atoms in total. The Morgan fingerprint density at radius 3 is 2.93 bits per heavy atom. The Morgan fingerprint density at radius 1 is 1.57 bits per heavy atom. The molecule has 0 aromatic carbocycles. The molecule has 0 atom stereocenters. The molecule has 2 N–H and O–H groups in total. The quantitative estimate of drug-likeness (QED) is 0.576. The molecule has 0 aliphatic carbocycles. The maximum absolute atomic E-state index is 5.65. The van der Waals surface area contributed by atoms with Crippen molar-refractivity contribution < 1.29 is 4.42 Å². The Bertz CT molecular complexity index is 304. The van der Waals surface area contributed by atoms with E-state index in [1.54, 1.807) is 6.20 Å². The number of rotatable bonds is 5. The van der Waals surface area contributed by atoms with Gasteiger partial charge in [0.1, 0.15) is 12.3 Å². The first-order chi connectivity index (χ1) is 6.76. The van der Waals surface area contributed by atoms with Gasteiger partial charge in [-0.15, -0.1) is 0 Å². The van der Waals surface area contributed by atoms with Crippen molar-refractivity contribution in [3.63, 3.8) is 0 Å². The van der Waals surface area contributed by atoms with Gasteiger partial charge in [-0.1, -0.05) is 13.8 Å². The third-order valence-electron chi connectivity index (χ3n) is 1.87. The molecule has 0 aliphatic heterocycles. The molecule has 4 heteroatoms. The van der Waals surface area contributed by atoms with Crippen molar-refractivity contribution in [1.29, 1.82) is 0 Å². The summed E-state index contributed by atoms with van der Waals surface area (Å²) in [5.74, 6) is 2.20. The van der Waals surface area contributed by atoms with Gasteiger partial charge in [-0.2, -0.15) is 0 Å². The van der Waals surface area contributed by atoms with Crippen LogP contribution < -0.4 is 5.73 Å². The molecule has 0 saturated carbocycles. The SMILES string of the molecule is CCCC(N)=NCc1ncc(CC)o1. The number of nitrogens with zero attached hydrogens (tertiary/aromatic N) is 2. The maximum Gasteiger partial charge on any atom is 0.216 e. The lowest BCUT2D eigenvalue weighted by molar-refractivity contribution is 0.461. The van der Waals surface area contributed by atoms with Crippen molar-refractivity contribution in [1.82, 2.24) is 4.98 Å². The lowest BCUT2D eigenvalue weighted by Crippen LogP contribution is -2.11. The summed E-state index contributed by atoms with van der Waals surface area (Å²) in [6.07, 6.45) is 4.45. The predicted molar refractivity (Wildman–Crippen MR) is 56.1 cm³/mol. The highest BCUT2D eigenvalue weighted by atomic mass is 16.4. The van der Waals surface area contributed by atoms with Gasteiger partial charge in [-0.25, -0.2) is 4.98 Å². The molecule has 0 fully saturated rings. The number of aromatic nitrogens is 1. The number of aryl methyl sites for hydroxylation is 1. The van der Waals surface area contributed by atoms with Crippen molar-refractivity contribution in [3.05, 3.63) is 17.8 Å². The Labute approximate surface area is 84.2 Å². The zero-order valence-corrected chi connectivity index (χ0v) is 8.79. The van der Waals surface area contributed by atoms with E-state index in [0.717, 1.165) is 25.0 Å². The van der Waals surface area contributed by atoms with Crippen molar-refractivity contribution in [2.45, 2.75) is 39.7 Å². The molecule has 0 unspecified atom stereocenters. The Hall–Kier alpha value is -1.32. The second-order valence-electron chi connectivity index (χ2n) is 3.13. The molecule has 1 aromatic rings. The molecule has 0 spiro atoms. The van der Waals surface area contributed by atoms with E-state index in [0.29, 0.717) is 18.3 Å². The van der Waals surface area contributed by atoms with Crippen LogP contribution in [0.3, 0.4) is 0 Å². The van der Waals surface area contributed by atoms with E-state index < -0.39 is 0 Å². The highest BCUT2D eigenvalue weighted by Gasteiger charge is 2.00. The van der Waals surface area contributed by atoms with Crippen LogP contribution in [0.15, 0.2) is 15.6 Å². The van der Waals surface area contributed by atoms with Gasteiger partial charge in [0.2, 0.25) is 5.89 Å². The van der Waals surface area contributed by atoms with Gasteiger partial charge >= 0.3 is 0 Å². The molecule has 0 aliphatic rings. The Morgan fingerprint density at radius 2 is 2.36 bits per heavy atom. The van der Waals surface area contributed by atoms with E-state index in [1.165, 1.54) is 0 Å². The zero-order chi connectivity index (χ0) is 10.4. The molecule has 0 bridgehead atoms. The van der Waals surface area contributed by atoms with Crippen LogP contribution in [-0.4, -0.2) is 10.8 Å². The molecule has 78 valence electrons. The average Bonchev–Trinajstić information content (AvgIpc) is 2.63. The summed E-state index contributed by atoms with van der Waals surface area (Å²) >= 11 is 0. The second-order valence-corrected chi connectivity index (χ2v) is 3.13. The van der Waals surface area contributed by atoms with E-state index in [1.807, 2.05) is 6.92 Å². The lowest BCUT2D eigenvalue weighted by Gasteiger charge is -1.95. The van der Waals surface area contributed by atoms with Crippen LogP contribution in [0.5, 0.6) is 0 Å². The molecule has 1 aromatic heterocycles. The van der Waals surface area contributed by atoms with Crippen LogP contribution in [0.4, 0.5) is 0 Å².